The highest BCUT2D eigenvalue weighted by molar-refractivity contribution is 5.46. The van der Waals surface area contributed by atoms with Crippen LogP contribution in [0.25, 0.3) is 0 Å². The van der Waals surface area contributed by atoms with Crippen LogP contribution in [0.4, 0.5) is 0 Å². The fourth-order valence-electron chi connectivity index (χ4n) is 10.7. The lowest BCUT2D eigenvalue weighted by Crippen LogP contribution is -2.25. The fraction of sp³-hybridized carbons (Fsp3) is 0.385. The Kier molecular flexibility index (Phi) is 20.8. The van der Waals surface area contributed by atoms with Crippen LogP contribution in [0, 0.1) is 0 Å². The Bertz CT molecular complexity index is 3070. The van der Waals surface area contributed by atoms with Crippen LogP contribution in [-0.4, -0.2) is 126 Å². The summed E-state index contributed by atoms with van der Waals surface area (Å²) in [7, 11) is 0. The monoisotopic (exact) mass is 1250 g/mol. The standard InChI is InChI=1S/2C39H44O7/c2*1-38(2,29-9-17-34(18-10-29)43-23-36-25-45-36)27-5-13-32(14-6-27)41-21-31(40)22-42-33-15-7-28(8-16-33)39(3,4)30-11-19-35(20-12-30)44-24-37-26-46-37/h2*5-20,31,36-37,40H,21-26H2,1-4H3. The maximum absolute atomic E-state index is 10.5. The van der Waals surface area contributed by atoms with Gasteiger partial charge in [0.1, 0.15) is 135 Å². The Morgan fingerprint density at radius 1 is 0.261 bits per heavy atom. The highest BCUT2D eigenvalue weighted by Gasteiger charge is 2.30. The minimum atomic E-state index is -0.772. The molecule has 0 spiro atoms. The highest BCUT2D eigenvalue weighted by atomic mass is 16.6. The number of ether oxygens (including phenoxy) is 12. The molecule has 14 nitrogen and oxygen atoms in total. The molecule has 4 unspecified atom stereocenters. The molecule has 0 aliphatic carbocycles. The normalized spacial score (nSPS) is 18.0. The van der Waals surface area contributed by atoms with Gasteiger partial charge in [-0.15, -0.1) is 0 Å². The zero-order valence-corrected chi connectivity index (χ0v) is 54.2. The van der Waals surface area contributed by atoms with Gasteiger partial charge in [0.05, 0.1) is 26.4 Å². The first kappa shape index (κ1) is 65.4. The molecular weight excluding hydrogens is 1160 g/mol. The summed E-state index contributed by atoms with van der Waals surface area (Å²) in [5, 5.41) is 21.1. The summed E-state index contributed by atoms with van der Waals surface area (Å²) in [6, 6.07) is 65.1. The number of rotatable bonds is 32. The van der Waals surface area contributed by atoms with E-state index in [0.29, 0.717) is 49.4 Å². The molecule has 0 radical (unpaired) electrons. The minimum Gasteiger partial charge on any atom is -0.491 e. The summed E-state index contributed by atoms with van der Waals surface area (Å²) in [6.07, 6.45) is -0.579. The molecule has 484 valence electrons. The van der Waals surface area contributed by atoms with Gasteiger partial charge in [0.15, 0.2) is 0 Å². The predicted molar refractivity (Wildman–Crippen MR) is 355 cm³/mol. The van der Waals surface area contributed by atoms with Crippen molar-refractivity contribution >= 4 is 0 Å². The molecule has 4 saturated heterocycles. The van der Waals surface area contributed by atoms with Crippen molar-refractivity contribution < 1.29 is 67.1 Å². The molecule has 0 aromatic heterocycles. The molecule has 2 N–H and O–H groups in total. The number of benzene rings is 8. The van der Waals surface area contributed by atoms with Gasteiger partial charge in [-0.05, 0) is 142 Å². The van der Waals surface area contributed by atoms with Crippen LogP contribution in [0.3, 0.4) is 0 Å². The lowest BCUT2D eigenvalue weighted by molar-refractivity contribution is 0.0626. The van der Waals surface area contributed by atoms with Crippen LogP contribution >= 0.6 is 0 Å². The summed E-state index contributed by atoms with van der Waals surface area (Å²) in [5.41, 5.74) is 8.67. The molecule has 4 aliphatic rings. The zero-order chi connectivity index (χ0) is 64.3. The quantitative estimate of drug-likeness (QED) is 0.0383. The van der Waals surface area contributed by atoms with Crippen LogP contribution in [0.1, 0.15) is 99.9 Å². The van der Waals surface area contributed by atoms with E-state index in [1.165, 1.54) is 44.5 Å². The molecule has 92 heavy (non-hydrogen) atoms. The van der Waals surface area contributed by atoms with Crippen LogP contribution in [0.15, 0.2) is 194 Å². The van der Waals surface area contributed by atoms with Crippen molar-refractivity contribution in [2.24, 2.45) is 0 Å². The molecular formula is C78H88O14. The molecule has 8 aromatic rings. The van der Waals surface area contributed by atoms with Gasteiger partial charge in [-0.3, -0.25) is 0 Å². The SMILES string of the molecule is CC(C)(c1ccc(OCC(O)COc2ccc(C(C)(C)c3ccc(OCC4CO4)cc3)cc2)cc1)c1ccc(OCC2CO2)cc1.CC(C)(c1ccc(OCC(O)COc2ccc(C(C)(C)c3ccc(OCC4CO4)cc3)cc2)cc1)c1ccc(OCC2CO2)cc1. The molecule has 8 aromatic carbocycles. The number of aliphatic hydroxyl groups is 2. The van der Waals surface area contributed by atoms with Gasteiger partial charge in [0, 0.05) is 21.7 Å². The number of hydrogen-bond donors (Lipinski definition) is 2. The van der Waals surface area contributed by atoms with E-state index in [0.717, 1.165) is 49.4 Å². The first-order valence-electron chi connectivity index (χ1n) is 32.0. The summed E-state index contributed by atoms with van der Waals surface area (Å²) in [6.45, 7) is 23.7. The lowest BCUT2D eigenvalue weighted by Gasteiger charge is -2.27. The van der Waals surface area contributed by atoms with Crippen molar-refractivity contribution in [3.8, 4) is 46.0 Å². The maximum atomic E-state index is 10.5. The van der Waals surface area contributed by atoms with Crippen molar-refractivity contribution in [1.29, 1.82) is 0 Å². The first-order chi connectivity index (χ1) is 44.3. The highest BCUT2D eigenvalue weighted by Crippen LogP contribution is 2.38. The van der Waals surface area contributed by atoms with E-state index in [-0.39, 0.29) is 72.5 Å². The summed E-state index contributed by atoms with van der Waals surface area (Å²) >= 11 is 0. The Hall–Kier alpha value is -8.08. The lowest BCUT2D eigenvalue weighted by atomic mass is 9.78. The van der Waals surface area contributed by atoms with Crippen molar-refractivity contribution in [2.75, 3.05) is 79.3 Å². The summed E-state index contributed by atoms with van der Waals surface area (Å²) in [4.78, 5) is 0. The van der Waals surface area contributed by atoms with Crippen molar-refractivity contribution in [2.45, 2.75) is 114 Å². The maximum Gasteiger partial charge on any atom is 0.122 e. The largest absolute Gasteiger partial charge is 0.491 e. The van der Waals surface area contributed by atoms with Crippen LogP contribution in [0.2, 0.25) is 0 Å². The van der Waals surface area contributed by atoms with Crippen molar-refractivity contribution in [3.63, 3.8) is 0 Å². The van der Waals surface area contributed by atoms with Gasteiger partial charge >= 0.3 is 0 Å². The molecule has 0 amide bonds. The van der Waals surface area contributed by atoms with E-state index >= 15 is 0 Å². The molecule has 4 heterocycles. The van der Waals surface area contributed by atoms with Gasteiger partial charge in [0.2, 0.25) is 0 Å². The van der Waals surface area contributed by atoms with E-state index < -0.39 is 12.2 Å². The second kappa shape index (κ2) is 29.3. The Morgan fingerprint density at radius 2 is 0.391 bits per heavy atom. The van der Waals surface area contributed by atoms with E-state index in [1.807, 2.05) is 97.1 Å². The average Bonchev–Trinajstić information content (AvgIpc) is 1.42. The van der Waals surface area contributed by atoms with E-state index in [9.17, 15) is 10.2 Å². The minimum absolute atomic E-state index is 0.134. The zero-order valence-electron chi connectivity index (χ0n) is 54.2. The summed E-state index contributed by atoms with van der Waals surface area (Å²) in [5.74, 6) is 6.22. The second-order valence-electron chi connectivity index (χ2n) is 26.3. The third-order valence-electron chi connectivity index (χ3n) is 17.7. The topological polar surface area (TPSA) is 164 Å². The van der Waals surface area contributed by atoms with E-state index in [4.69, 9.17) is 56.8 Å². The third-order valence-corrected chi connectivity index (χ3v) is 17.7. The molecule has 0 bridgehead atoms. The molecule has 12 rings (SSSR count). The first-order valence-corrected chi connectivity index (χ1v) is 32.0. The Balaban J connectivity index is 0.000000188. The molecule has 4 aliphatic heterocycles. The van der Waals surface area contributed by atoms with Gasteiger partial charge in [0.25, 0.3) is 0 Å². The summed E-state index contributed by atoms with van der Waals surface area (Å²) < 4.78 is 67.5. The molecule has 0 saturated carbocycles. The van der Waals surface area contributed by atoms with Crippen LogP contribution in [0.5, 0.6) is 46.0 Å². The fourth-order valence-corrected chi connectivity index (χ4v) is 10.7. The molecule has 4 fully saturated rings. The van der Waals surface area contributed by atoms with E-state index in [1.54, 1.807) is 0 Å². The number of aliphatic hydroxyl groups excluding tert-OH is 2. The Labute approximate surface area is 542 Å². The third kappa shape index (κ3) is 18.1. The van der Waals surface area contributed by atoms with Crippen LogP contribution in [-0.2, 0) is 40.6 Å². The van der Waals surface area contributed by atoms with Gasteiger partial charge in [-0.25, -0.2) is 0 Å². The Morgan fingerprint density at radius 3 is 0.522 bits per heavy atom. The van der Waals surface area contributed by atoms with E-state index in [2.05, 4.69) is 152 Å². The van der Waals surface area contributed by atoms with Gasteiger partial charge in [-0.2, -0.15) is 0 Å². The predicted octanol–water partition coefficient (Wildman–Crippen LogP) is 13.4. The second-order valence-corrected chi connectivity index (χ2v) is 26.3. The van der Waals surface area contributed by atoms with Crippen LogP contribution < -0.4 is 37.9 Å². The van der Waals surface area contributed by atoms with Gasteiger partial charge in [-0.1, -0.05) is 152 Å². The molecule has 14 heteroatoms. The average molecular weight is 1250 g/mol. The smallest absolute Gasteiger partial charge is 0.122 e. The van der Waals surface area contributed by atoms with Crippen molar-refractivity contribution in [1.82, 2.24) is 0 Å². The molecule has 4 atom stereocenters. The van der Waals surface area contributed by atoms with Crippen molar-refractivity contribution in [3.05, 3.63) is 239 Å². The number of hydrogen-bond acceptors (Lipinski definition) is 14. The van der Waals surface area contributed by atoms with Gasteiger partial charge < -0.3 is 67.1 Å². The number of epoxide rings is 4.